The van der Waals surface area contributed by atoms with Crippen molar-refractivity contribution in [3.05, 3.63) is 30.9 Å². The van der Waals surface area contributed by atoms with Crippen molar-refractivity contribution in [2.75, 3.05) is 59.6 Å². The summed E-state index contributed by atoms with van der Waals surface area (Å²) in [5.74, 6) is 1.52. The van der Waals surface area contributed by atoms with Crippen molar-refractivity contribution >= 4 is 22.7 Å². The van der Waals surface area contributed by atoms with Crippen LogP contribution in [0.2, 0.25) is 0 Å². The van der Waals surface area contributed by atoms with Crippen LogP contribution in [-0.4, -0.2) is 95.4 Å². The molecule has 4 heterocycles. The predicted molar refractivity (Wildman–Crippen MR) is 126 cm³/mol. The zero-order valence-electron chi connectivity index (χ0n) is 18.9. The Labute approximate surface area is 197 Å². The topological polar surface area (TPSA) is 88.6 Å². The van der Waals surface area contributed by atoms with Gasteiger partial charge in [-0.25, -0.2) is 15.0 Å². The number of imidazole rings is 1. The second-order valence-electron chi connectivity index (χ2n) is 8.41. The average molecular weight is 471 g/mol. The lowest BCUT2D eigenvalue weighted by Gasteiger charge is -2.32. The average Bonchev–Trinajstić information content (AvgIpc) is 3.34. The van der Waals surface area contributed by atoms with Gasteiger partial charge in [0, 0.05) is 70.1 Å². The van der Waals surface area contributed by atoms with Crippen LogP contribution in [0.4, 0.5) is 0 Å². The molecule has 10 heteroatoms. The largest absolute Gasteiger partial charge is 0.492 e. The number of nitrogens with one attached hydrogen (secondary N) is 1. The van der Waals surface area contributed by atoms with Crippen LogP contribution in [-0.2, 0) is 4.74 Å². The maximum atomic E-state index is 6.48. The number of likely N-dealkylation sites (N-methyl/N-ethyl adjacent to an activating group) is 1. The molecule has 2 aromatic heterocycles. The minimum atomic E-state index is 0.101. The third-order valence-corrected chi connectivity index (χ3v) is 6.96. The van der Waals surface area contributed by atoms with Crippen LogP contribution in [0.25, 0.3) is 10.9 Å². The molecule has 0 bridgehead atoms. The van der Waals surface area contributed by atoms with E-state index in [2.05, 4.69) is 36.8 Å². The van der Waals surface area contributed by atoms with Gasteiger partial charge < -0.3 is 24.1 Å². The molecule has 1 N–H and O–H groups in total. The quantitative estimate of drug-likeness (QED) is 0.499. The number of fused-ring (bicyclic) bond motifs is 1. The minimum Gasteiger partial charge on any atom is -0.492 e. The van der Waals surface area contributed by atoms with E-state index in [1.165, 1.54) is 11.8 Å². The molecular formula is C23H30N6O3S. The lowest BCUT2D eigenvalue weighted by Crippen LogP contribution is -2.45. The molecule has 3 aromatic rings. The Morgan fingerprint density at radius 3 is 2.76 bits per heavy atom. The third kappa shape index (κ3) is 5.75. The SMILES string of the molecule is CN1CCN(CCOc2cc(OC3CCOCC3)c3c(Sc4ncc[nH]4)ncnc3c2)CC1. The van der Waals surface area contributed by atoms with Gasteiger partial charge in [-0.3, -0.25) is 4.90 Å². The Morgan fingerprint density at radius 1 is 1.12 bits per heavy atom. The van der Waals surface area contributed by atoms with E-state index in [1.54, 1.807) is 18.7 Å². The molecular weight excluding hydrogens is 440 g/mol. The third-order valence-electron chi connectivity index (χ3n) is 6.04. The molecule has 0 aliphatic carbocycles. The lowest BCUT2D eigenvalue weighted by molar-refractivity contribution is 0.0260. The molecule has 0 saturated carbocycles. The smallest absolute Gasteiger partial charge is 0.171 e. The molecule has 2 saturated heterocycles. The van der Waals surface area contributed by atoms with Gasteiger partial charge in [0.1, 0.15) is 35.6 Å². The first-order chi connectivity index (χ1) is 16.2. The van der Waals surface area contributed by atoms with E-state index in [1.807, 2.05) is 12.1 Å². The Balaban J connectivity index is 1.37. The Kier molecular flexibility index (Phi) is 7.25. The van der Waals surface area contributed by atoms with Crippen molar-refractivity contribution in [2.24, 2.45) is 0 Å². The van der Waals surface area contributed by atoms with Gasteiger partial charge in [-0.1, -0.05) is 0 Å². The van der Waals surface area contributed by atoms with E-state index in [0.717, 1.165) is 78.1 Å². The number of benzene rings is 1. The fourth-order valence-electron chi connectivity index (χ4n) is 4.09. The number of aromatic amines is 1. The van der Waals surface area contributed by atoms with Crippen molar-refractivity contribution in [3.8, 4) is 11.5 Å². The fourth-order valence-corrected chi connectivity index (χ4v) is 4.92. The summed E-state index contributed by atoms with van der Waals surface area (Å²) in [6.45, 7) is 7.34. The van der Waals surface area contributed by atoms with E-state index < -0.39 is 0 Å². The molecule has 2 aliphatic rings. The molecule has 0 amide bonds. The summed E-state index contributed by atoms with van der Waals surface area (Å²) in [6, 6.07) is 3.96. The highest BCUT2D eigenvalue weighted by atomic mass is 32.2. The zero-order valence-corrected chi connectivity index (χ0v) is 19.7. The van der Waals surface area contributed by atoms with Gasteiger partial charge in [0.15, 0.2) is 5.16 Å². The molecule has 33 heavy (non-hydrogen) atoms. The summed E-state index contributed by atoms with van der Waals surface area (Å²) < 4.78 is 18.2. The molecule has 5 rings (SSSR count). The van der Waals surface area contributed by atoms with Crippen LogP contribution in [0.5, 0.6) is 11.5 Å². The van der Waals surface area contributed by atoms with Crippen LogP contribution < -0.4 is 9.47 Å². The summed E-state index contributed by atoms with van der Waals surface area (Å²) in [5, 5.41) is 2.47. The van der Waals surface area contributed by atoms with Gasteiger partial charge in [0.05, 0.1) is 24.1 Å². The maximum absolute atomic E-state index is 6.48. The van der Waals surface area contributed by atoms with E-state index in [0.29, 0.717) is 19.8 Å². The van der Waals surface area contributed by atoms with Crippen LogP contribution in [0.3, 0.4) is 0 Å². The standard InChI is InChI=1S/C23H30N6O3S/c1-28-6-8-29(9-7-28)10-13-31-18-14-19-21(20(15-18)32-17-2-11-30-12-3-17)22(27-16-26-19)33-23-24-4-5-25-23/h4-5,14-17H,2-3,6-13H2,1H3,(H,24,25). The van der Waals surface area contributed by atoms with Crippen LogP contribution in [0.15, 0.2) is 41.0 Å². The molecule has 2 aliphatic heterocycles. The number of ether oxygens (including phenoxy) is 3. The number of nitrogens with zero attached hydrogens (tertiary/aromatic N) is 5. The summed E-state index contributed by atoms with van der Waals surface area (Å²) in [4.78, 5) is 21.3. The highest BCUT2D eigenvalue weighted by Crippen LogP contribution is 2.38. The number of rotatable bonds is 8. The van der Waals surface area contributed by atoms with E-state index >= 15 is 0 Å². The van der Waals surface area contributed by atoms with Crippen molar-refractivity contribution < 1.29 is 14.2 Å². The summed E-state index contributed by atoms with van der Waals surface area (Å²) in [5.41, 5.74) is 0.804. The molecule has 0 unspecified atom stereocenters. The van der Waals surface area contributed by atoms with Crippen LogP contribution >= 0.6 is 11.8 Å². The van der Waals surface area contributed by atoms with Crippen molar-refractivity contribution in [1.82, 2.24) is 29.7 Å². The highest BCUT2D eigenvalue weighted by Gasteiger charge is 2.21. The normalized spacial score (nSPS) is 18.6. The predicted octanol–water partition coefficient (Wildman–Crippen LogP) is 2.69. The van der Waals surface area contributed by atoms with Gasteiger partial charge in [0.2, 0.25) is 0 Å². The van der Waals surface area contributed by atoms with Gasteiger partial charge in [-0.05, 0) is 18.8 Å². The van der Waals surface area contributed by atoms with Crippen molar-refractivity contribution in [3.63, 3.8) is 0 Å². The highest BCUT2D eigenvalue weighted by molar-refractivity contribution is 7.99. The number of H-pyrrole nitrogens is 1. The molecule has 0 atom stereocenters. The number of piperazine rings is 1. The molecule has 0 radical (unpaired) electrons. The van der Waals surface area contributed by atoms with Gasteiger partial charge in [-0.15, -0.1) is 0 Å². The molecule has 2 fully saturated rings. The van der Waals surface area contributed by atoms with E-state index in [9.17, 15) is 0 Å². The minimum absolute atomic E-state index is 0.101. The Hall–Kier alpha value is -2.40. The fraction of sp³-hybridized carbons (Fsp3) is 0.522. The first-order valence-corrected chi connectivity index (χ1v) is 12.3. The van der Waals surface area contributed by atoms with Crippen molar-refractivity contribution in [2.45, 2.75) is 29.1 Å². The van der Waals surface area contributed by atoms with Crippen molar-refractivity contribution in [1.29, 1.82) is 0 Å². The molecule has 9 nitrogen and oxygen atoms in total. The maximum Gasteiger partial charge on any atom is 0.171 e. The van der Waals surface area contributed by atoms with Crippen LogP contribution in [0, 0.1) is 0 Å². The zero-order chi connectivity index (χ0) is 22.5. The van der Waals surface area contributed by atoms with E-state index in [4.69, 9.17) is 14.2 Å². The van der Waals surface area contributed by atoms with Gasteiger partial charge >= 0.3 is 0 Å². The van der Waals surface area contributed by atoms with E-state index in [-0.39, 0.29) is 6.10 Å². The monoisotopic (exact) mass is 470 g/mol. The number of hydrogen-bond donors (Lipinski definition) is 1. The Bertz CT molecular complexity index is 1040. The van der Waals surface area contributed by atoms with Gasteiger partial charge in [0.25, 0.3) is 0 Å². The number of hydrogen-bond acceptors (Lipinski definition) is 9. The summed E-state index contributed by atoms with van der Waals surface area (Å²) >= 11 is 1.47. The number of aromatic nitrogens is 4. The molecule has 176 valence electrons. The van der Waals surface area contributed by atoms with Crippen LogP contribution in [0.1, 0.15) is 12.8 Å². The Morgan fingerprint density at radius 2 is 1.97 bits per heavy atom. The summed E-state index contributed by atoms with van der Waals surface area (Å²) in [6.07, 6.45) is 6.95. The lowest BCUT2D eigenvalue weighted by atomic mass is 10.1. The first kappa shape index (κ1) is 22.4. The summed E-state index contributed by atoms with van der Waals surface area (Å²) in [7, 11) is 2.17. The molecule has 0 spiro atoms. The first-order valence-electron chi connectivity index (χ1n) is 11.5. The molecule has 1 aromatic carbocycles. The van der Waals surface area contributed by atoms with Gasteiger partial charge in [-0.2, -0.15) is 0 Å². The second kappa shape index (κ2) is 10.7. The second-order valence-corrected chi connectivity index (χ2v) is 9.39.